The van der Waals surface area contributed by atoms with Crippen molar-refractivity contribution < 1.29 is 14.7 Å². The van der Waals surface area contributed by atoms with Gasteiger partial charge in [-0.3, -0.25) is 0 Å². The molecular weight excluding hydrogens is 293 g/mol. The highest BCUT2D eigenvalue weighted by molar-refractivity contribution is 7.09. The Morgan fingerprint density at radius 2 is 2.29 bits per heavy atom. The maximum atomic E-state index is 8.55. The maximum absolute atomic E-state index is 8.55. The van der Waals surface area contributed by atoms with Gasteiger partial charge in [-0.25, -0.2) is 4.68 Å². The van der Waals surface area contributed by atoms with E-state index in [1.54, 1.807) is 16.0 Å². The van der Waals surface area contributed by atoms with Gasteiger partial charge >= 0.3 is 7.32 Å². The molecule has 1 unspecified atom stereocenters. The maximum Gasteiger partial charge on any atom is 0.633 e. The van der Waals surface area contributed by atoms with Crippen LogP contribution in [-0.2, 0) is 11.2 Å². The van der Waals surface area contributed by atoms with E-state index < -0.39 is 7.32 Å². The standard InChI is InChI=1S/C11H18BN5O3S/c13-10(5-1-2-6-20-12(18)19)11-14-15-16-17(11)8-9-4-3-7-21-9/h3-4,7,10,18-19H,1-2,5-6,8,13H2. The molecule has 0 spiro atoms. The van der Waals surface area contributed by atoms with Crippen LogP contribution in [-0.4, -0.2) is 44.2 Å². The molecule has 2 heterocycles. The van der Waals surface area contributed by atoms with E-state index in [0.29, 0.717) is 25.2 Å². The summed E-state index contributed by atoms with van der Waals surface area (Å²) in [5, 5.41) is 30.8. The van der Waals surface area contributed by atoms with E-state index >= 15 is 0 Å². The van der Waals surface area contributed by atoms with Gasteiger partial charge in [0.2, 0.25) is 0 Å². The molecule has 4 N–H and O–H groups in total. The second-order valence-corrected chi connectivity index (χ2v) is 5.61. The summed E-state index contributed by atoms with van der Waals surface area (Å²) in [4.78, 5) is 1.17. The number of thiophene rings is 1. The Morgan fingerprint density at radius 1 is 1.43 bits per heavy atom. The Bertz CT molecular complexity index is 522. The lowest BCUT2D eigenvalue weighted by Gasteiger charge is -2.11. The number of unbranched alkanes of at least 4 members (excludes halogenated alkanes) is 1. The topological polar surface area (TPSA) is 119 Å². The van der Waals surface area contributed by atoms with E-state index in [1.807, 2.05) is 17.5 Å². The van der Waals surface area contributed by atoms with Crippen molar-refractivity contribution in [1.29, 1.82) is 0 Å². The molecule has 2 rings (SSSR count). The highest BCUT2D eigenvalue weighted by Gasteiger charge is 2.15. The van der Waals surface area contributed by atoms with Crippen LogP contribution in [0.4, 0.5) is 0 Å². The van der Waals surface area contributed by atoms with Gasteiger partial charge in [-0.15, -0.1) is 16.4 Å². The zero-order valence-corrected chi connectivity index (χ0v) is 12.3. The molecule has 8 nitrogen and oxygen atoms in total. The van der Waals surface area contributed by atoms with Crippen molar-refractivity contribution >= 4 is 18.7 Å². The van der Waals surface area contributed by atoms with Crippen molar-refractivity contribution in [2.24, 2.45) is 5.73 Å². The smallest absolute Gasteiger partial charge is 0.402 e. The third-order valence-electron chi connectivity index (χ3n) is 2.95. The number of hydrogen-bond acceptors (Lipinski definition) is 8. The molecule has 0 saturated heterocycles. The van der Waals surface area contributed by atoms with E-state index in [4.69, 9.17) is 15.8 Å². The number of tetrazole rings is 1. The van der Waals surface area contributed by atoms with Gasteiger partial charge in [-0.2, -0.15) is 0 Å². The van der Waals surface area contributed by atoms with Gasteiger partial charge in [0.25, 0.3) is 0 Å². The van der Waals surface area contributed by atoms with E-state index in [2.05, 4.69) is 20.2 Å². The molecule has 0 aliphatic rings. The van der Waals surface area contributed by atoms with Crippen LogP contribution >= 0.6 is 11.3 Å². The number of nitrogens with zero attached hydrogens (tertiary/aromatic N) is 4. The minimum absolute atomic E-state index is 0.251. The first-order valence-corrected chi connectivity index (χ1v) is 7.56. The van der Waals surface area contributed by atoms with Crippen molar-refractivity contribution in [3.05, 3.63) is 28.2 Å². The second kappa shape index (κ2) is 8.20. The summed E-state index contributed by atoms with van der Waals surface area (Å²) in [6, 6.07) is 3.76. The Labute approximate surface area is 126 Å². The average molecular weight is 311 g/mol. The quantitative estimate of drug-likeness (QED) is 0.438. The molecule has 1 atom stereocenters. The Morgan fingerprint density at radius 3 is 3.00 bits per heavy atom. The molecule has 0 radical (unpaired) electrons. The molecule has 0 amide bonds. The summed E-state index contributed by atoms with van der Waals surface area (Å²) in [5.74, 6) is 0.659. The monoisotopic (exact) mass is 311 g/mol. The van der Waals surface area contributed by atoms with Crippen molar-refractivity contribution in [2.75, 3.05) is 6.61 Å². The number of nitrogens with two attached hydrogens (primary N) is 1. The van der Waals surface area contributed by atoms with Gasteiger partial charge in [0.1, 0.15) is 0 Å². The molecule has 10 heteroatoms. The summed E-state index contributed by atoms with van der Waals surface area (Å²) in [6.45, 7) is 0.901. The molecule has 2 aromatic heterocycles. The fourth-order valence-corrected chi connectivity index (χ4v) is 2.61. The Hall–Kier alpha value is -1.33. The number of rotatable bonds is 9. The van der Waals surface area contributed by atoms with Gasteiger partial charge in [-0.05, 0) is 41.1 Å². The summed E-state index contributed by atoms with van der Waals surface area (Å²) < 4.78 is 6.35. The van der Waals surface area contributed by atoms with Crippen molar-refractivity contribution in [1.82, 2.24) is 20.2 Å². The van der Waals surface area contributed by atoms with Crippen LogP contribution < -0.4 is 5.73 Å². The van der Waals surface area contributed by atoms with Crippen molar-refractivity contribution in [3.8, 4) is 0 Å². The Balaban J connectivity index is 1.80. The lowest BCUT2D eigenvalue weighted by molar-refractivity contribution is 0.181. The van der Waals surface area contributed by atoms with E-state index in [9.17, 15) is 0 Å². The minimum Gasteiger partial charge on any atom is -0.402 e. The first kappa shape index (κ1) is 16.1. The molecule has 0 aliphatic carbocycles. The Kier molecular flexibility index (Phi) is 6.27. The van der Waals surface area contributed by atoms with Crippen LogP contribution in [0.15, 0.2) is 17.5 Å². The van der Waals surface area contributed by atoms with Crippen LogP contribution in [0.3, 0.4) is 0 Å². The van der Waals surface area contributed by atoms with Crippen molar-refractivity contribution in [2.45, 2.75) is 31.8 Å². The van der Waals surface area contributed by atoms with Crippen molar-refractivity contribution in [3.63, 3.8) is 0 Å². The summed E-state index contributed by atoms with van der Waals surface area (Å²) in [5.41, 5.74) is 6.11. The largest absolute Gasteiger partial charge is 0.633 e. The molecule has 0 aromatic carbocycles. The molecule has 0 fully saturated rings. The molecule has 0 bridgehead atoms. The molecule has 114 valence electrons. The molecule has 2 aromatic rings. The first-order valence-electron chi connectivity index (χ1n) is 6.68. The molecule has 0 aliphatic heterocycles. The lowest BCUT2D eigenvalue weighted by atomic mass is 10.1. The highest BCUT2D eigenvalue weighted by atomic mass is 32.1. The van der Waals surface area contributed by atoms with Crippen LogP contribution in [0.1, 0.15) is 36.0 Å². The van der Waals surface area contributed by atoms with Gasteiger partial charge < -0.3 is 20.4 Å². The zero-order chi connectivity index (χ0) is 15.1. The van der Waals surface area contributed by atoms with Gasteiger partial charge in [0, 0.05) is 11.5 Å². The van der Waals surface area contributed by atoms with E-state index in [-0.39, 0.29) is 12.6 Å². The molecular formula is C11H18BN5O3S. The molecule has 21 heavy (non-hydrogen) atoms. The summed E-state index contributed by atoms with van der Waals surface area (Å²) in [6.07, 6.45) is 2.19. The summed E-state index contributed by atoms with van der Waals surface area (Å²) in [7, 11) is -1.71. The predicted octanol–water partition coefficient (Wildman–Crippen LogP) is -0.0609. The van der Waals surface area contributed by atoms with Crippen LogP contribution in [0.5, 0.6) is 0 Å². The van der Waals surface area contributed by atoms with Crippen LogP contribution in [0, 0.1) is 0 Å². The van der Waals surface area contributed by atoms with Crippen LogP contribution in [0.2, 0.25) is 0 Å². The zero-order valence-electron chi connectivity index (χ0n) is 11.5. The molecule has 0 saturated carbocycles. The lowest BCUT2D eigenvalue weighted by Crippen LogP contribution is -2.19. The fourth-order valence-electron chi connectivity index (χ4n) is 1.92. The predicted molar refractivity (Wildman–Crippen MR) is 78.2 cm³/mol. The third-order valence-corrected chi connectivity index (χ3v) is 3.81. The third kappa shape index (κ3) is 5.18. The SMILES string of the molecule is NC(CCCCOB(O)O)c1nnnn1Cc1cccs1. The number of hydrogen-bond donors (Lipinski definition) is 3. The van der Waals surface area contributed by atoms with Crippen LogP contribution in [0.25, 0.3) is 0 Å². The summed E-state index contributed by atoms with van der Waals surface area (Å²) >= 11 is 1.65. The highest BCUT2D eigenvalue weighted by Crippen LogP contribution is 2.16. The first-order chi connectivity index (χ1) is 10.2. The van der Waals surface area contributed by atoms with E-state index in [0.717, 1.165) is 6.42 Å². The fraction of sp³-hybridized carbons (Fsp3) is 0.545. The van der Waals surface area contributed by atoms with Gasteiger partial charge in [0.05, 0.1) is 12.6 Å². The second-order valence-electron chi connectivity index (χ2n) is 4.57. The van der Waals surface area contributed by atoms with E-state index in [1.165, 1.54) is 4.88 Å². The number of aromatic nitrogens is 4. The normalized spacial score (nSPS) is 12.5. The van der Waals surface area contributed by atoms with Gasteiger partial charge in [0.15, 0.2) is 5.82 Å². The minimum atomic E-state index is -1.71. The van der Waals surface area contributed by atoms with Gasteiger partial charge in [-0.1, -0.05) is 6.07 Å². The average Bonchev–Trinajstić information content (AvgIpc) is 3.10.